The van der Waals surface area contributed by atoms with Crippen LogP contribution in [0.4, 0.5) is 0 Å². The number of benzene rings is 1. The highest BCUT2D eigenvalue weighted by molar-refractivity contribution is 7.97. The van der Waals surface area contributed by atoms with Crippen LogP contribution in [-0.4, -0.2) is 40.9 Å². The lowest BCUT2D eigenvalue weighted by Crippen LogP contribution is -2.42. The van der Waals surface area contributed by atoms with E-state index in [1.807, 2.05) is 31.2 Å². The number of thioether (sulfide) groups is 1. The smallest absolute Gasteiger partial charge is 0.253 e. The molecule has 0 aromatic heterocycles. The molecular formula is C15H23NO2S. The second kappa shape index (κ2) is 6.96. The molecule has 4 heteroatoms. The van der Waals surface area contributed by atoms with Crippen molar-refractivity contribution in [1.29, 1.82) is 0 Å². The zero-order chi connectivity index (χ0) is 14.5. The van der Waals surface area contributed by atoms with Gasteiger partial charge in [-0.05, 0) is 44.7 Å². The Balaban J connectivity index is 2.79. The number of likely N-dealkylation sites (N-methyl/N-ethyl adjacent to an activating group) is 1. The molecule has 1 aromatic rings. The van der Waals surface area contributed by atoms with E-state index < -0.39 is 5.60 Å². The van der Waals surface area contributed by atoms with E-state index in [1.165, 1.54) is 5.56 Å². The average molecular weight is 281 g/mol. The van der Waals surface area contributed by atoms with E-state index in [0.717, 1.165) is 5.75 Å². The minimum Gasteiger partial charge on any atom is -0.389 e. The van der Waals surface area contributed by atoms with Gasteiger partial charge in [-0.15, -0.1) is 0 Å². The van der Waals surface area contributed by atoms with Crippen LogP contribution in [0.2, 0.25) is 0 Å². The number of amides is 1. The molecule has 1 rings (SSSR count). The Morgan fingerprint density at radius 1 is 1.32 bits per heavy atom. The summed E-state index contributed by atoms with van der Waals surface area (Å²) in [6.07, 6.45) is 2.06. The maximum absolute atomic E-state index is 12.3. The fraction of sp³-hybridized carbons (Fsp3) is 0.533. The molecular weight excluding hydrogens is 258 g/mol. The number of carbonyl (C=O) groups excluding carboxylic acids is 1. The first-order valence-electron chi connectivity index (χ1n) is 6.47. The summed E-state index contributed by atoms with van der Waals surface area (Å²) in [4.78, 5) is 14.0. The van der Waals surface area contributed by atoms with E-state index in [-0.39, 0.29) is 5.91 Å². The van der Waals surface area contributed by atoms with Crippen molar-refractivity contribution in [2.75, 3.05) is 19.3 Å². The van der Waals surface area contributed by atoms with Gasteiger partial charge < -0.3 is 10.0 Å². The number of aliphatic hydroxyl groups is 1. The Morgan fingerprint density at radius 3 is 2.32 bits per heavy atom. The second-order valence-corrected chi connectivity index (χ2v) is 6.13. The molecule has 3 nitrogen and oxygen atoms in total. The topological polar surface area (TPSA) is 40.5 Å². The van der Waals surface area contributed by atoms with Crippen LogP contribution < -0.4 is 0 Å². The SMILES string of the molecule is CCN(CC(C)(C)O)C(=O)c1ccc(CSC)cc1. The Kier molecular flexibility index (Phi) is 5.88. The van der Waals surface area contributed by atoms with Crippen molar-refractivity contribution >= 4 is 17.7 Å². The highest BCUT2D eigenvalue weighted by Gasteiger charge is 2.22. The van der Waals surface area contributed by atoms with E-state index in [0.29, 0.717) is 18.7 Å². The third kappa shape index (κ3) is 5.25. The molecule has 0 fully saturated rings. The average Bonchev–Trinajstić information content (AvgIpc) is 2.35. The molecule has 0 atom stereocenters. The quantitative estimate of drug-likeness (QED) is 0.871. The molecule has 19 heavy (non-hydrogen) atoms. The van der Waals surface area contributed by atoms with E-state index in [4.69, 9.17) is 0 Å². The maximum atomic E-state index is 12.3. The predicted molar refractivity (Wildman–Crippen MR) is 81.5 cm³/mol. The molecule has 0 unspecified atom stereocenters. The normalized spacial score (nSPS) is 11.4. The van der Waals surface area contributed by atoms with Gasteiger partial charge in [0, 0.05) is 24.4 Å². The Labute approximate surface area is 120 Å². The fourth-order valence-electron chi connectivity index (χ4n) is 1.89. The lowest BCUT2D eigenvalue weighted by atomic mass is 10.1. The summed E-state index contributed by atoms with van der Waals surface area (Å²) in [5.74, 6) is 0.927. The van der Waals surface area contributed by atoms with Crippen LogP contribution in [0.5, 0.6) is 0 Å². The Morgan fingerprint density at radius 2 is 1.89 bits per heavy atom. The van der Waals surface area contributed by atoms with Crippen LogP contribution in [0, 0.1) is 0 Å². The molecule has 0 radical (unpaired) electrons. The lowest BCUT2D eigenvalue weighted by Gasteiger charge is -2.28. The van der Waals surface area contributed by atoms with Crippen LogP contribution in [0.25, 0.3) is 0 Å². The highest BCUT2D eigenvalue weighted by Crippen LogP contribution is 2.13. The molecule has 1 amide bonds. The van der Waals surface area contributed by atoms with E-state index in [2.05, 4.69) is 6.26 Å². The van der Waals surface area contributed by atoms with Gasteiger partial charge in [0.25, 0.3) is 5.91 Å². The summed E-state index contributed by atoms with van der Waals surface area (Å²) in [5, 5.41) is 9.83. The molecule has 0 spiro atoms. The molecule has 106 valence electrons. The number of carbonyl (C=O) groups is 1. The number of hydrogen-bond acceptors (Lipinski definition) is 3. The van der Waals surface area contributed by atoms with Crippen molar-refractivity contribution in [3.8, 4) is 0 Å². The molecule has 0 bridgehead atoms. The van der Waals surface area contributed by atoms with E-state index in [1.54, 1.807) is 30.5 Å². The first kappa shape index (κ1) is 16.1. The molecule has 0 aliphatic heterocycles. The van der Waals surface area contributed by atoms with Gasteiger partial charge in [0.1, 0.15) is 0 Å². The summed E-state index contributed by atoms with van der Waals surface area (Å²) >= 11 is 1.76. The second-order valence-electron chi connectivity index (χ2n) is 5.26. The van der Waals surface area contributed by atoms with Gasteiger partial charge in [0.15, 0.2) is 0 Å². The van der Waals surface area contributed by atoms with Crippen molar-refractivity contribution < 1.29 is 9.90 Å². The van der Waals surface area contributed by atoms with Gasteiger partial charge in [-0.25, -0.2) is 0 Å². The predicted octanol–water partition coefficient (Wildman–Crippen LogP) is 2.78. The van der Waals surface area contributed by atoms with Gasteiger partial charge in [-0.2, -0.15) is 11.8 Å². The molecule has 0 aliphatic rings. The first-order valence-corrected chi connectivity index (χ1v) is 7.86. The van der Waals surface area contributed by atoms with Gasteiger partial charge >= 0.3 is 0 Å². The summed E-state index contributed by atoms with van der Waals surface area (Å²) in [6.45, 7) is 6.28. The van der Waals surface area contributed by atoms with Crippen LogP contribution in [0.3, 0.4) is 0 Å². The van der Waals surface area contributed by atoms with Crippen molar-refractivity contribution in [1.82, 2.24) is 4.90 Å². The summed E-state index contributed by atoms with van der Waals surface area (Å²) in [6, 6.07) is 7.70. The molecule has 0 saturated carbocycles. The summed E-state index contributed by atoms with van der Waals surface area (Å²) in [7, 11) is 0. The summed E-state index contributed by atoms with van der Waals surface area (Å²) in [5.41, 5.74) is 1.02. The van der Waals surface area contributed by atoms with Gasteiger partial charge in [-0.3, -0.25) is 4.79 Å². The van der Waals surface area contributed by atoms with Crippen molar-refractivity contribution in [3.05, 3.63) is 35.4 Å². The molecule has 1 aromatic carbocycles. The van der Waals surface area contributed by atoms with Gasteiger partial charge in [0.05, 0.1) is 5.60 Å². The van der Waals surface area contributed by atoms with Crippen molar-refractivity contribution in [2.24, 2.45) is 0 Å². The molecule has 0 heterocycles. The summed E-state index contributed by atoms with van der Waals surface area (Å²) < 4.78 is 0. The van der Waals surface area contributed by atoms with E-state index >= 15 is 0 Å². The van der Waals surface area contributed by atoms with Crippen LogP contribution in [-0.2, 0) is 5.75 Å². The number of nitrogens with zero attached hydrogens (tertiary/aromatic N) is 1. The van der Waals surface area contributed by atoms with Crippen LogP contribution in [0.1, 0.15) is 36.7 Å². The zero-order valence-corrected chi connectivity index (χ0v) is 13.0. The van der Waals surface area contributed by atoms with Crippen molar-refractivity contribution in [2.45, 2.75) is 32.1 Å². The lowest BCUT2D eigenvalue weighted by molar-refractivity contribution is 0.0314. The maximum Gasteiger partial charge on any atom is 0.253 e. The third-order valence-corrected chi connectivity index (χ3v) is 3.38. The highest BCUT2D eigenvalue weighted by atomic mass is 32.2. The zero-order valence-electron chi connectivity index (χ0n) is 12.1. The Hall–Kier alpha value is -1.00. The van der Waals surface area contributed by atoms with Crippen LogP contribution in [0.15, 0.2) is 24.3 Å². The van der Waals surface area contributed by atoms with Gasteiger partial charge in [0.2, 0.25) is 0 Å². The Bertz CT molecular complexity index is 409. The fourth-order valence-corrected chi connectivity index (χ4v) is 2.41. The third-order valence-electron chi connectivity index (χ3n) is 2.76. The molecule has 1 N–H and O–H groups in total. The van der Waals surface area contributed by atoms with Gasteiger partial charge in [-0.1, -0.05) is 12.1 Å². The minimum atomic E-state index is -0.871. The molecule has 0 saturated heterocycles. The monoisotopic (exact) mass is 281 g/mol. The minimum absolute atomic E-state index is 0.0275. The first-order chi connectivity index (χ1) is 8.87. The van der Waals surface area contributed by atoms with Crippen LogP contribution >= 0.6 is 11.8 Å². The standard InChI is InChI=1S/C15H23NO2S/c1-5-16(11-15(2,3)18)14(17)13-8-6-12(7-9-13)10-19-4/h6-9,18H,5,10-11H2,1-4H3. The number of rotatable bonds is 6. The van der Waals surface area contributed by atoms with Crippen molar-refractivity contribution in [3.63, 3.8) is 0 Å². The largest absolute Gasteiger partial charge is 0.389 e. The molecule has 0 aliphatic carbocycles. The van der Waals surface area contributed by atoms with E-state index in [9.17, 15) is 9.90 Å². The number of hydrogen-bond donors (Lipinski definition) is 1.